The normalized spacial score (nSPS) is 19.3. The van der Waals surface area contributed by atoms with Gasteiger partial charge in [-0.2, -0.15) is 0 Å². The van der Waals surface area contributed by atoms with Crippen molar-refractivity contribution < 1.29 is 33.4 Å². The summed E-state index contributed by atoms with van der Waals surface area (Å²) in [5.41, 5.74) is 1.18. The minimum Gasteiger partial charge on any atom is -0.508 e. The third-order valence-electron chi connectivity index (χ3n) is 7.88. The zero-order chi connectivity index (χ0) is 35.5. The molecule has 4 amide bonds. The fourth-order valence-corrected chi connectivity index (χ4v) is 5.40. The third kappa shape index (κ3) is 13.1. The van der Waals surface area contributed by atoms with Crippen LogP contribution in [0.2, 0.25) is 0 Å². The molecule has 1 heterocycles. The average Bonchev–Trinajstić information content (AvgIpc) is 2.98. The maximum Gasteiger partial charge on any atom is 0.407 e. The van der Waals surface area contributed by atoms with Crippen molar-refractivity contribution in [1.29, 1.82) is 0 Å². The summed E-state index contributed by atoms with van der Waals surface area (Å²) in [5, 5.41) is 25.2. The second-order valence-electron chi connectivity index (χ2n) is 14.4. The van der Waals surface area contributed by atoms with Gasteiger partial charge in [0.25, 0.3) is 0 Å². The molecule has 0 bridgehead atoms. The van der Waals surface area contributed by atoms with Crippen molar-refractivity contribution in [2.75, 3.05) is 19.6 Å². The van der Waals surface area contributed by atoms with Gasteiger partial charge in [-0.3, -0.25) is 14.4 Å². The zero-order valence-electron chi connectivity index (χ0n) is 29.0. The first-order chi connectivity index (χ1) is 22.5. The van der Waals surface area contributed by atoms with Crippen LogP contribution < -0.4 is 26.6 Å². The van der Waals surface area contributed by atoms with Gasteiger partial charge in [0.2, 0.25) is 17.7 Å². The van der Waals surface area contributed by atoms with Gasteiger partial charge in [-0.1, -0.05) is 45.0 Å². The average molecular weight is 670 g/mol. The Morgan fingerprint density at radius 1 is 0.958 bits per heavy atom. The number of ether oxygens (including phenoxy) is 1. The highest BCUT2D eigenvalue weighted by atomic mass is 19.1. The Balaban J connectivity index is 1.84. The number of hydrogen-bond donors (Lipinski definition) is 6. The Kier molecular flexibility index (Phi) is 13.8. The SMILES string of the molecule is CC(C)(C)OC(=O)N[C@@H](CNC1CCCCNC(=O)CCNC(=O)[C@H](Cc2ccc(O)c(C(C)(C)C)c2)NC1=O)Cc1ccc(F)cc1. The smallest absolute Gasteiger partial charge is 0.407 e. The van der Waals surface area contributed by atoms with Crippen molar-refractivity contribution in [3.63, 3.8) is 0 Å². The van der Waals surface area contributed by atoms with Crippen LogP contribution in [0.15, 0.2) is 42.5 Å². The van der Waals surface area contributed by atoms with E-state index >= 15 is 0 Å². The molecule has 0 spiro atoms. The Morgan fingerprint density at radius 3 is 2.31 bits per heavy atom. The molecule has 6 N–H and O–H groups in total. The minimum absolute atomic E-state index is 0.114. The molecule has 0 saturated carbocycles. The van der Waals surface area contributed by atoms with Gasteiger partial charge in [0.05, 0.1) is 6.04 Å². The van der Waals surface area contributed by atoms with E-state index in [9.17, 15) is 28.7 Å². The van der Waals surface area contributed by atoms with Gasteiger partial charge >= 0.3 is 6.09 Å². The minimum atomic E-state index is -0.958. The molecule has 0 aromatic heterocycles. The maximum atomic E-state index is 13.9. The van der Waals surface area contributed by atoms with E-state index in [2.05, 4.69) is 26.6 Å². The van der Waals surface area contributed by atoms with Crippen LogP contribution in [0.3, 0.4) is 0 Å². The molecular formula is C36H52FN5O6. The molecule has 0 radical (unpaired) electrons. The van der Waals surface area contributed by atoms with E-state index in [4.69, 9.17) is 4.74 Å². The van der Waals surface area contributed by atoms with Crippen LogP contribution in [0.25, 0.3) is 0 Å². The number of phenols is 1. The summed E-state index contributed by atoms with van der Waals surface area (Å²) in [7, 11) is 0. The summed E-state index contributed by atoms with van der Waals surface area (Å²) in [4.78, 5) is 52.3. The molecule has 12 heteroatoms. The van der Waals surface area contributed by atoms with Crippen LogP contribution >= 0.6 is 0 Å². The summed E-state index contributed by atoms with van der Waals surface area (Å²) in [6, 6.07) is 8.91. The highest BCUT2D eigenvalue weighted by Crippen LogP contribution is 2.31. The van der Waals surface area contributed by atoms with Crippen molar-refractivity contribution in [2.45, 2.75) is 109 Å². The molecule has 2 aromatic rings. The number of aromatic hydroxyl groups is 1. The topological polar surface area (TPSA) is 158 Å². The molecule has 2 aromatic carbocycles. The molecule has 1 unspecified atom stereocenters. The molecule has 11 nitrogen and oxygen atoms in total. The number of hydrogen-bond acceptors (Lipinski definition) is 7. The monoisotopic (exact) mass is 669 g/mol. The van der Waals surface area contributed by atoms with Crippen LogP contribution in [0, 0.1) is 5.82 Å². The molecular weight excluding hydrogens is 617 g/mol. The number of halogens is 1. The van der Waals surface area contributed by atoms with E-state index in [-0.39, 0.29) is 54.7 Å². The quantitative estimate of drug-likeness (QED) is 0.250. The molecule has 1 fully saturated rings. The summed E-state index contributed by atoms with van der Waals surface area (Å²) in [6.45, 7) is 11.9. The third-order valence-corrected chi connectivity index (χ3v) is 7.88. The molecule has 1 aliphatic rings. The summed E-state index contributed by atoms with van der Waals surface area (Å²) in [5.74, 6) is -1.22. The predicted octanol–water partition coefficient (Wildman–Crippen LogP) is 3.76. The lowest BCUT2D eigenvalue weighted by Crippen LogP contribution is -2.56. The largest absolute Gasteiger partial charge is 0.508 e. The number of carbonyl (C=O) groups is 4. The van der Waals surface area contributed by atoms with Gasteiger partial charge in [0.1, 0.15) is 23.2 Å². The second kappa shape index (κ2) is 17.3. The first-order valence-corrected chi connectivity index (χ1v) is 16.6. The van der Waals surface area contributed by atoms with Crippen molar-refractivity contribution >= 4 is 23.8 Å². The maximum absolute atomic E-state index is 13.9. The number of rotatable bonds is 8. The number of amides is 4. The molecule has 48 heavy (non-hydrogen) atoms. The summed E-state index contributed by atoms with van der Waals surface area (Å²) >= 11 is 0. The number of phenolic OH excluding ortho intramolecular Hbond substituents is 1. The first-order valence-electron chi connectivity index (χ1n) is 16.6. The Labute approximate surface area is 283 Å². The first kappa shape index (κ1) is 38.3. The van der Waals surface area contributed by atoms with Gasteiger partial charge in [0.15, 0.2) is 0 Å². The van der Waals surface area contributed by atoms with Gasteiger partial charge in [-0.05, 0) is 86.8 Å². The predicted molar refractivity (Wildman–Crippen MR) is 182 cm³/mol. The molecule has 264 valence electrons. The lowest BCUT2D eigenvalue weighted by atomic mass is 9.84. The number of alkyl carbamates (subject to hydrolysis) is 1. The number of nitrogens with one attached hydrogen (secondary N) is 5. The second-order valence-corrected chi connectivity index (χ2v) is 14.4. The Bertz CT molecular complexity index is 1400. The highest BCUT2D eigenvalue weighted by molar-refractivity contribution is 5.90. The summed E-state index contributed by atoms with van der Waals surface area (Å²) in [6.07, 6.45) is 1.65. The molecule has 3 atom stereocenters. The highest BCUT2D eigenvalue weighted by Gasteiger charge is 2.28. The van der Waals surface area contributed by atoms with Crippen LogP contribution in [0.4, 0.5) is 9.18 Å². The van der Waals surface area contributed by atoms with Gasteiger partial charge in [-0.15, -0.1) is 0 Å². The van der Waals surface area contributed by atoms with Crippen LogP contribution in [0.5, 0.6) is 5.75 Å². The van der Waals surface area contributed by atoms with Crippen molar-refractivity contribution in [2.24, 2.45) is 0 Å². The van der Waals surface area contributed by atoms with E-state index in [0.29, 0.717) is 37.8 Å². The Hall–Kier alpha value is -4.19. The molecule has 1 saturated heterocycles. The van der Waals surface area contributed by atoms with E-state index in [0.717, 1.165) is 11.1 Å². The lowest BCUT2D eigenvalue weighted by molar-refractivity contribution is -0.130. The standard InChI is InChI=1S/C36H52FN5O6/c1-35(2,3)27-20-24(12-15-30(27)43)21-29-32(45)39-18-16-31(44)38-17-8-7-9-28(33(46)42-29)40-22-26(41-34(47)48-36(4,5)6)19-23-10-13-25(37)14-11-23/h10-15,20,26,28-29,40,43H,7-9,16-19,21-22H2,1-6H3,(H,38,44)(H,39,45)(H,41,47)(H,42,46)/t26-,28?,29+/m1/s1. The fraction of sp³-hybridized carbons (Fsp3) is 0.556. The van der Waals surface area contributed by atoms with Crippen molar-refractivity contribution in [3.8, 4) is 5.75 Å². The lowest BCUT2D eigenvalue weighted by Gasteiger charge is -2.27. The Morgan fingerprint density at radius 2 is 1.65 bits per heavy atom. The van der Waals surface area contributed by atoms with E-state index in [1.165, 1.54) is 12.1 Å². The van der Waals surface area contributed by atoms with Crippen molar-refractivity contribution in [3.05, 3.63) is 65.0 Å². The summed E-state index contributed by atoms with van der Waals surface area (Å²) < 4.78 is 19.1. The van der Waals surface area contributed by atoms with Gasteiger partial charge < -0.3 is 36.4 Å². The molecule has 1 aliphatic heterocycles. The van der Waals surface area contributed by atoms with Crippen LogP contribution in [-0.4, -0.2) is 72.3 Å². The van der Waals surface area contributed by atoms with Crippen LogP contribution in [0.1, 0.15) is 83.9 Å². The molecule has 3 rings (SSSR count). The van der Waals surface area contributed by atoms with Crippen LogP contribution in [-0.2, 0) is 37.4 Å². The van der Waals surface area contributed by atoms with E-state index in [1.54, 1.807) is 45.0 Å². The van der Waals surface area contributed by atoms with E-state index < -0.39 is 35.7 Å². The fourth-order valence-electron chi connectivity index (χ4n) is 5.40. The van der Waals surface area contributed by atoms with Gasteiger partial charge in [-0.25, -0.2) is 9.18 Å². The van der Waals surface area contributed by atoms with Crippen molar-refractivity contribution in [1.82, 2.24) is 26.6 Å². The van der Waals surface area contributed by atoms with E-state index in [1.807, 2.05) is 26.8 Å². The number of carbonyl (C=O) groups excluding carboxylic acids is 4. The van der Waals surface area contributed by atoms with Gasteiger partial charge in [0, 0.05) is 38.5 Å². The zero-order valence-corrected chi connectivity index (χ0v) is 29.0. The number of benzene rings is 2. The molecule has 0 aliphatic carbocycles.